The van der Waals surface area contributed by atoms with Crippen LogP contribution in [0.2, 0.25) is 5.02 Å². The molecule has 1 aliphatic carbocycles. The largest absolute Gasteiger partial charge is 0.310 e. The highest BCUT2D eigenvalue weighted by Gasteiger charge is 2.57. The number of fused-ring (bicyclic) bond motifs is 1. The molecule has 1 fully saturated rings. The molecule has 4 nitrogen and oxygen atoms in total. The van der Waals surface area contributed by atoms with Crippen molar-refractivity contribution in [2.45, 2.75) is 32.7 Å². The van der Waals surface area contributed by atoms with Gasteiger partial charge in [0, 0.05) is 21.0 Å². The van der Waals surface area contributed by atoms with Gasteiger partial charge in [0.05, 0.1) is 5.71 Å². The third kappa shape index (κ3) is 2.23. The highest BCUT2D eigenvalue weighted by atomic mass is 35.5. The van der Waals surface area contributed by atoms with Gasteiger partial charge < -0.3 is 5.43 Å². The Bertz CT molecular complexity index is 881. The fourth-order valence-corrected chi connectivity index (χ4v) is 4.50. The first-order chi connectivity index (χ1) is 11.5. The summed E-state index contributed by atoms with van der Waals surface area (Å²) in [4.78, 5) is 11.3. The number of halogens is 1. The van der Waals surface area contributed by atoms with Gasteiger partial charge in [-0.15, -0.1) is 11.3 Å². The molecule has 1 saturated carbocycles. The summed E-state index contributed by atoms with van der Waals surface area (Å²) in [5, 5.41) is 1.70. The number of hydrogen-bond acceptors (Lipinski definition) is 5. The molecule has 2 atom stereocenters. The molecule has 0 amide bonds. The Morgan fingerprint density at radius 1 is 1.29 bits per heavy atom. The van der Waals surface area contributed by atoms with Crippen LogP contribution in [0.1, 0.15) is 34.9 Å². The summed E-state index contributed by atoms with van der Waals surface area (Å²) in [5.74, 6) is 6.98. The van der Waals surface area contributed by atoms with E-state index in [-0.39, 0.29) is 5.54 Å². The summed E-state index contributed by atoms with van der Waals surface area (Å²) in [6.07, 6.45) is 0.958. The van der Waals surface area contributed by atoms with Crippen molar-refractivity contribution in [3.8, 4) is 0 Å². The lowest BCUT2D eigenvalue weighted by Crippen LogP contribution is -2.41. The average Bonchev–Trinajstić information content (AvgIpc) is 3.16. The Labute approximate surface area is 150 Å². The number of thiophene rings is 1. The van der Waals surface area contributed by atoms with Gasteiger partial charge in [-0.3, -0.25) is 4.99 Å². The lowest BCUT2D eigenvalue weighted by molar-refractivity contribution is 0.762. The molecule has 0 radical (unpaired) electrons. The van der Waals surface area contributed by atoms with Crippen LogP contribution in [0.5, 0.6) is 0 Å². The number of aryl methyl sites for hydroxylation is 1. The Morgan fingerprint density at radius 2 is 1.96 bits per heavy atom. The lowest BCUT2D eigenvalue weighted by atomic mass is 9.99. The maximum absolute atomic E-state index is 6.07. The molecule has 6 heteroatoms. The first-order valence-electron chi connectivity index (χ1n) is 7.98. The Kier molecular flexibility index (Phi) is 3.56. The molecule has 2 aliphatic rings. The summed E-state index contributed by atoms with van der Waals surface area (Å²) in [6.45, 7) is 6.44. The van der Waals surface area contributed by atoms with Crippen LogP contribution in [0.15, 0.2) is 34.3 Å². The van der Waals surface area contributed by atoms with Gasteiger partial charge in [-0.2, -0.15) is 0 Å². The maximum Gasteiger partial charge on any atom is 0.146 e. The normalized spacial score (nSPS) is 25.0. The standard InChI is InChI=1S/C18H19ClN4S/c1-9-8-18(9)17(23-20)21-16-14(10(2)11(3)24-16)15(22-18)12-4-6-13(19)7-5-12/h4-7,9H,8,20H2,1-3H3,(H,21,23). The fraction of sp³-hybridized carbons (Fsp3) is 0.333. The summed E-state index contributed by atoms with van der Waals surface area (Å²) in [6, 6.07) is 7.87. The summed E-state index contributed by atoms with van der Waals surface area (Å²) < 4.78 is 0. The van der Waals surface area contributed by atoms with Crippen molar-refractivity contribution in [3.63, 3.8) is 0 Å². The van der Waals surface area contributed by atoms with Crippen LogP contribution in [0.25, 0.3) is 0 Å². The van der Waals surface area contributed by atoms with E-state index < -0.39 is 0 Å². The molecule has 0 bridgehead atoms. The molecule has 2 aromatic rings. The molecule has 4 rings (SSSR count). The second-order valence-corrected chi connectivity index (χ2v) is 8.20. The highest BCUT2D eigenvalue weighted by molar-refractivity contribution is 7.16. The molecule has 1 aromatic carbocycles. The number of aliphatic imine (C=N–C) groups is 2. The van der Waals surface area contributed by atoms with Crippen molar-refractivity contribution in [2.24, 2.45) is 21.7 Å². The van der Waals surface area contributed by atoms with E-state index in [0.717, 1.165) is 39.1 Å². The number of nitrogens with two attached hydrogens (primary N) is 1. The molecule has 2 heterocycles. The first-order valence-corrected chi connectivity index (χ1v) is 9.17. The molecule has 24 heavy (non-hydrogen) atoms. The Hall–Kier alpha value is -1.69. The molecular formula is C18H19ClN4S. The predicted molar refractivity (Wildman–Crippen MR) is 102 cm³/mol. The minimum Gasteiger partial charge on any atom is -0.310 e. The van der Waals surface area contributed by atoms with E-state index in [1.807, 2.05) is 24.3 Å². The number of hydrazine groups is 1. The molecule has 1 aliphatic heterocycles. The Morgan fingerprint density at radius 3 is 2.54 bits per heavy atom. The van der Waals surface area contributed by atoms with Gasteiger partial charge in [-0.1, -0.05) is 30.7 Å². The van der Waals surface area contributed by atoms with Gasteiger partial charge in [0.1, 0.15) is 16.4 Å². The van der Waals surface area contributed by atoms with Crippen LogP contribution < -0.4 is 11.3 Å². The lowest BCUT2D eigenvalue weighted by Gasteiger charge is -2.15. The van der Waals surface area contributed by atoms with E-state index in [2.05, 4.69) is 26.2 Å². The minimum absolute atomic E-state index is 0.331. The SMILES string of the molecule is Cc1sc2c(c1C)C(c1ccc(Cl)cc1)=NC1(CC1C)C(NN)=N2. The van der Waals surface area contributed by atoms with Gasteiger partial charge in [0.15, 0.2) is 0 Å². The van der Waals surface area contributed by atoms with Crippen LogP contribution in [-0.2, 0) is 0 Å². The zero-order chi connectivity index (χ0) is 17.1. The van der Waals surface area contributed by atoms with E-state index in [9.17, 15) is 0 Å². The van der Waals surface area contributed by atoms with Gasteiger partial charge >= 0.3 is 0 Å². The monoisotopic (exact) mass is 358 g/mol. The van der Waals surface area contributed by atoms with Crippen molar-refractivity contribution in [1.82, 2.24) is 5.43 Å². The van der Waals surface area contributed by atoms with Crippen LogP contribution in [-0.4, -0.2) is 17.1 Å². The van der Waals surface area contributed by atoms with Crippen molar-refractivity contribution in [3.05, 3.63) is 50.9 Å². The first kappa shape index (κ1) is 15.8. The van der Waals surface area contributed by atoms with Crippen LogP contribution in [0.4, 0.5) is 5.00 Å². The predicted octanol–water partition coefficient (Wildman–Crippen LogP) is 4.14. The fourth-order valence-electron chi connectivity index (χ4n) is 3.34. The quantitative estimate of drug-likeness (QED) is 0.594. The average molecular weight is 359 g/mol. The zero-order valence-electron chi connectivity index (χ0n) is 13.9. The molecular weight excluding hydrogens is 340 g/mol. The number of nitrogens with zero attached hydrogens (tertiary/aromatic N) is 2. The zero-order valence-corrected chi connectivity index (χ0v) is 15.4. The van der Waals surface area contributed by atoms with Crippen molar-refractivity contribution in [2.75, 3.05) is 0 Å². The topological polar surface area (TPSA) is 62.8 Å². The van der Waals surface area contributed by atoms with Crippen molar-refractivity contribution >= 4 is 39.5 Å². The summed E-state index contributed by atoms with van der Waals surface area (Å²) in [7, 11) is 0. The molecule has 124 valence electrons. The smallest absolute Gasteiger partial charge is 0.146 e. The minimum atomic E-state index is -0.331. The number of benzene rings is 1. The van der Waals surface area contributed by atoms with Crippen LogP contribution in [0.3, 0.4) is 0 Å². The van der Waals surface area contributed by atoms with Gasteiger partial charge in [-0.25, -0.2) is 10.8 Å². The second-order valence-electron chi connectivity index (χ2n) is 6.56. The molecule has 1 aromatic heterocycles. The number of hydrogen-bond donors (Lipinski definition) is 2. The number of amidine groups is 1. The maximum atomic E-state index is 6.07. The Balaban J connectivity index is 1.99. The van der Waals surface area contributed by atoms with Crippen LogP contribution in [0, 0.1) is 19.8 Å². The number of nitrogens with one attached hydrogen (secondary N) is 1. The van der Waals surface area contributed by atoms with E-state index >= 15 is 0 Å². The van der Waals surface area contributed by atoms with E-state index in [1.165, 1.54) is 10.4 Å². The van der Waals surface area contributed by atoms with Crippen molar-refractivity contribution in [1.29, 1.82) is 0 Å². The summed E-state index contributed by atoms with van der Waals surface area (Å²) in [5.41, 5.74) is 6.87. The molecule has 3 N–H and O–H groups in total. The van der Waals surface area contributed by atoms with Crippen LogP contribution >= 0.6 is 22.9 Å². The molecule has 0 saturated heterocycles. The van der Waals surface area contributed by atoms with E-state index in [4.69, 9.17) is 27.4 Å². The molecule has 2 unspecified atom stereocenters. The highest BCUT2D eigenvalue weighted by Crippen LogP contribution is 2.51. The van der Waals surface area contributed by atoms with Gasteiger partial charge in [0.2, 0.25) is 0 Å². The van der Waals surface area contributed by atoms with E-state index in [0.29, 0.717) is 5.92 Å². The summed E-state index contributed by atoms with van der Waals surface area (Å²) >= 11 is 7.76. The molecule has 1 spiro atoms. The van der Waals surface area contributed by atoms with Gasteiger partial charge in [-0.05, 0) is 43.9 Å². The van der Waals surface area contributed by atoms with E-state index in [1.54, 1.807) is 11.3 Å². The van der Waals surface area contributed by atoms with Gasteiger partial charge in [0.25, 0.3) is 0 Å². The van der Waals surface area contributed by atoms with Crippen molar-refractivity contribution < 1.29 is 0 Å². The number of rotatable bonds is 1. The third-order valence-corrected chi connectivity index (χ3v) is 6.42. The third-order valence-electron chi connectivity index (χ3n) is 5.07. The second kappa shape index (κ2) is 5.41.